The van der Waals surface area contributed by atoms with Crippen LogP contribution in [0, 0.1) is 19.7 Å². The number of hydrogen-bond donors (Lipinski definition) is 1. The van der Waals surface area contributed by atoms with Crippen LogP contribution in [0.2, 0.25) is 0 Å². The monoisotopic (exact) mass is 319 g/mol. The first-order chi connectivity index (χ1) is 11.0. The Hall–Kier alpha value is -2.63. The van der Waals surface area contributed by atoms with Gasteiger partial charge in [-0.3, -0.25) is 4.79 Å². The number of hydrogen-bond acceptors (Lipinski definition) is 4. The number of ketones is 1. The van der Waals surface area contributed by atoms with Gasteiger partial charge in [0.25, 0.3) is 0 Å². The highest BCUT2D eigenvalue weighted by Gasteiger charge is 2.23. The standard InChI is InChI=1S/C17H18FNO4/c1-4-22-17(21)15-10(2)16(19-11(15)3)13(20)9-23-14-8-6-5-7-12(14)18/h5-8,19H,4,9H2,1-3H3. The second-order valence-electron chi connectivity index (χ2n) is 4.99. The van der Waals surface area contributed by atoms with Crippen LogP contribution in [0.1, 0.15) is 39.0 Å². The van der Waals surface area contributed by atoms with Gasteiger partial charge >= 0.3 is 5.97 Å². The molecule has 0 unspecified atom stereocenters. The Bertz CT molecular complexity index is 736. The van der Waals surface area contributed by atoms with E-state index < -0.39 is 11.8 Å². The minimum atomic E-state index is -0.535. The number of H-pyrrole nitrogens is 1. The molecule has 0 aliphatic carbocycles. The maximum Gasteiger partial charge on any atom is 0.340 e. The number of halogens is 1. The zero-order chi connectivity index (χ0) is 17.0. The SMILES string of the molecule is CCOC(=O)c1c(C)[nH]c(C(=O)COc2ccccc2F)c1C. The van der Waals surface area contributed by atoms with Crippen LogP contribution < -0.4 is 4.74 Å². The predicted octanol–water partition coefficient (Wildman–Crippen LogP) is 3.21. The fourth-order valence-electron chi connectivity index (χ4n) is 2.32. The molecule has 1 aromatic carbocycles. The molecule has 6 heteroatoms. The van der Waals surface area contributed by atoms with E-state index in [0.29, 0.717) is 16.8 Å². The van der Waals surface area contributed by atoms with Crippen LogP contribution >= 0.6 is 0 Å². The molecule has 1 aromatic heterocycles. The molecule has 0 radical (unpaired) electrons. The van der Waals surface area contributed by atoms with E-state index in [1.807, 2.05) is 0 Å². The van der Waals surface area contributed by atoms with Crippen molar-refractivity contribution in [2.75, 3.05) is 13.2 Å². The number of ether oxygens (including phenoxy) is 2. The molecule has 5 nitrogen and oxygen atoms in total. The lowest BCUT2D eigenvalue weighted by atomic mass is 10.1. The number of benzene rings is 1. The second-order valence-corrected chi connectivity index (χ2v) is 4.99. The fourth-order valence-corrected chi connectivity index (χ4v) is 2.32. The molecule has 122 valence electrons. The molecule has 0 aliphatic heterocycles. The summed E-state index contributed by atoms with van der Waals surface area (Å²) in [6, 6.07) is 5.85. The van der Waals surface area contributed by atoms with Gasteiger partial charge in [0.15, 0.2) is 18.2 Å². The number of aryl methyl sites for hydroxylation is 1. The lowest BCUT2D eigenvalue weighted by Crippen LogP contribution is -2.14. The minimum Gasteiger partial charge on any atom is -0.482 e. The summed E-state index contributed by atoms with van der Waals surface area (Å²) in [5, 5.41) is 0. The molecular weight excluding hydrogens is 301 g/mol. The maximum atomic E-state index is 13.5. The third-order valence-corrected chi connectivity index (χ3v) is 3.39. The Balaban J connectivity index is 2.16. The Morgan fingerprint density at radius 1 is 1.22 bits per heavy atom. The van der Waals surface area contributed by atoms with Gasteiger partial charge < -0.3 is 14.5 Å². The number of Topliss-reactive ketones (excluding diaryl/α,β-unsaturated/α-hetero) is 1. The van der Waals surface area contributed by atoms with Gasteiger partial charge in [-0.25, -0.2) is 9.18 Å². The maximum absolute atomic E-state index is 13.5. The molecule has 0 aliphatic rings. The molecule has 0 spiro atoms. The van der Waals surface area contributed by atoms with Crippen LogP contribution in [-0.2, 0) is 4.74 Å². The van der Waals surface area contributed by atoms with E-state index >= 15 is 0 Å². The number of carbonyl (C=O) groups excluding carboxylic acids is 2. The summed E-state index contributed by atoms with van der Waals surface area (Å²) in [5.74, 6) is -1.38. The highest BCUT2D eigenvalue weighted by molar-refractivity contribution is 6.02. The third kappa shape index (κ3) is 3.59. The number of aromatic nitrogens is 1. The molecule has 0 bridgehead atoms. The van der Waals surface area contributed by atoms with Crippen molar-refractivity contribution >= 4 is 11.8 Å². The topological polar surface area (TPSA) is 68.4 Å². The van der Waals surface area contributed by atoms with Crippen LogP contribution in [0.25, 0.3) is 0 Å². The first-order valence-corrected chi connectivity index (χ1v) is 7.22. The van der Waals surface area contributed by atoms with E-state index in [1.54, 1.807) is 26.8 Å². The average molecular weight is 319 g/mol. The first-order valence-electron chi connectivity index (χ1n) is 7.22. The quantitative estimate of drug-likeness (QED) is 0.656. The van der Waals surface area contributed by atoms with E-state index in [9.17, 15) is 14.0 Å². The van der Waals surface area contributed by atoms with E-state index in [0.717, 1.165) is 0 Å². The summed E-state index contributed by atoms with van der Waals surface area (Å²) < 4.78 is 23.7. The van der Waals surface area contributed by atoms with Crippen LogP contribution in [0.5, 0.6) is 5.75 Å². The average Bonchev–Trinajstić information content (AvgIpc) is 2.81. The van der Waals surface area contributed by atoms with E-state index in [4.69, 9.17) is 9.47 Å². The van der Waals surface area contributed by atoms with Gasteiger partial charge in [-0.05, 0) is 38.5 Å². The summed E-state index contributed by atoms with van der Waals surface area (Å²) in [5.41, 5.74) is 1.67. The van der Waals surface area contributed by atoms with Crippen molar-refractivity contribution in [3.05, 3.63) is 52.6 Å². The molecule has 1 N–H and O–H groups in total. The van der Waals surface area contributed by atoms with Crippen molar-refractivity contribution in [3.63, 3.8) is 0 Å². The van der Waals surface area contributed by atoms with Crippen molar-refractivity contribution in [1.29, 1.82) is 0 Å². The van der Waals surface area contributed by atoms with Crippen molar-refractivity contribution < 1.29 is 23.5 Å². The summed E-state index contributed by atoms with van der Waals surface area (Å²) >= 11 is 0. The highest BCUT2D eigenvalue weighted by atomic mass is 19.1. The van der Waals surface area contributed by atoms with Crippen LogP contribution in [0.3, 0.4) is 0 Å². The third-order valence-electron chi connectivity index (χ3n) is 3.39. The van der Waals surface area contributed by atoms with Gasteiger partial charge in [-0.1, -0.05) is 12.1 Å². The molecule has 0 atom stereocenters. The molecule has 0 saturated heterocycles. The van der Waals surface area contributed by atoms with Gasteiger partial charge in [-0.2, -0.15) is 0 Å². The molecule has 23 heavy (non-hydrogen) atoms. The molecule has 2 rings (SSSR count). The zero-order valence-electron chi connectivity index (χ0n) is 13.2. The van der Waals surface area contributed by atoms with Crippen molar-refractivity contribution in [2.24, 2.45) is 0 Å². The number of carbonyl (C=O) groups is 2. The Kier molecular flexibility index (Phi) is 5.16. The fraction of sp³-hybridized carbons (Fsp3) is 0.294. The van der Waals surface area contributed by atoms with Crippen molar-refractivity contribution in [1.82, 2.24) is 4.98 Å². The summed E-state index contributed by atoms with van der Waals surface area (Å²) in [4.78, 5) is 27.1. The van der Waals surface area contributed by atoms with Crippen LogP contribution in [-0.4, -0.2) is 30.0 Å². The lowest BCUT2D eigenvalue weighted by molar-refractivity contribution is 0.0525. The number of nitrogens with one attached hydrogen (secondary N) is 1. The Morgan fingerprint density at radius 2 is 1.91 bits per heavy atom. The van der Waals surface area contributed by atoms with Gasteiger partial charge in [0.2, 0.25) is 5.78 Å². The summed E-state index contributed by atoms with van der Waals surface area (Å²) in [6.07, 6.45) is 0. The predicted molar refractivity (Wildman–Crippen MR) is 82.4 cm³/mol. The molecule has 1 heterocycles. The number of para-hydroxylation sites is 1. The van der Waals surface area contributed by atoms with E-state index in [1.165, 1.54) is 18.2 Å². The Labute approximate surface area is 133 Å². The normalized spacial score (nSPS) is 10.4. The lowest BCUT2D eigenvalue weighted by Gasteiger charge is -2.06. The van der Waals surface area contributed by atoms with E-state index in [-0.39, 0.29) is 30.4 Å². The zero-order valence-corrected chi connectivity index (χ0v) is 13.2. The van der Waals surface area contributed by atoms with Gasteiger partial charge in [-0.15, -0.1) is 0 Å². The molecular formula is C17H18FNO4. The highest BCUT2D eigenvalue weighted by Crippen LogP contribution is 2.21. The van der Waals surface area contributed by atoms with Gasteiger partial charge in [0, 0.05) is 5.69 Å². The van der Waals surface area contributed by atoms with Crippen molar-refractivity contribution in [2.45, 2.75) is 20.8 Å². The van der Waals surface area contributed by atoms with E-state index in [2.05, 4.69) is 4.98 Å². The Morgan fingerprint density at radius 3 is 2.57 bits per heavy atom. The van der Waals surface area contributed by atoms with Crippen molar-refractivity contribution in [3.8, 4) is 5.75 Å². The molecule has 0 fully saturated rings. The van der Waals surface area contributed by atoms with Crippen LogP contribution in [0.4, 0.5) is 4.39 Å². The number of rotatable bonds is 6. The number of esters is 1. The molecule has 0 amide bonds. The van der Waals surface area contributed by atoms with Gasteiger partial charge in [0.05, 0.1) is 17.9 Å². The largest absolute Gasteiger partial charge is 0.482 e. The van der Waals surface area contributed by atoms with Crippen LogP contribution in [0.15, 0.2) is 24.3 Å². The number of aromatic amines is 1. The molecule has 2 aromatic rings. The second kappa shape index (κ2) is 7.09. The summed E-state index contributed by atoms with van der Waals surface area (Å²) in [7, 11) is 0. The summed E-state index contributed by atoms with van der Waals surface area (Å²) in [6.45, 7) is 4.98. The molecule has 0 saturated carbocycles. The first kappa shape index (κ1) is 16.7. The van der Waals surface area contributed by atoms with Gasteiger partial charge in [0.1, 0.15) is 0 Å². The minimum absolute atomic E-state index is 0.00685. The smallest absolute Gasteiger partial charge is 0.340 e.